The molecule has 0 aliphatic carbocycles. The zero-order valence-corrected chi connectivity index (χ0v) is 9.97. The monoisotopic (exact) mass is 256 g/mol. The van der Waals surface area contributed by atoms with E-state index < -0.39 is 29.9 Å². The fourth-order valence-corrected chi connectivity index (χ4v) is 1.08. The summed E-state index contributed by atoms with van der Waals surface area (Å²) >= 11 is 0. The lowest BCUT2D eigenvalue weighted by atomic mass is 10.1. The Morgan fingerprint density at radius 1 is 1.28 bits per heavy atom. The highest BCUT2D eigenvalue weighted by molar-refractivity contribution is 5.84. The van der Waals surface area contributed by atoms with Gasteiger partial charge in [0.2, 0.25) is 5.91 Å². The zero-order chi connectivity index (χ0) is 14.1. The maximum absolute atomic E-state index is 11.4. The van der Waals surface area contributed by atoms with E-state index in [-0.39, 0.29) is 19.3 Å². The van der Waals surface area contributed by atoms with Crippen LogP contribution in [0.4, 0.5) is 0 Å². The van der Waals surface area contributed by atoms with E-state index in [0.717, 1.165) is 0 Å². The Bertz CT molecular complexity index is 383. The van der Waals surface area contributed by atoms with Crippen molar-refractivity contribution in [2.45, 2.75) is 38.3 Å². The van der Waals surface area contributed by atoms with Crippen molar-refractivity contribution in [3.05, 3.63) is 0 Å². The van der Waals surface area contributed by atoms with Gasteiger partial charge in [0.05, 0.1) is 0 Å². The molecule has 0 fully saturated rings. The smallest absolute Gasteiger partial charge is 0.327 e. The van der Waals surface area contributed by atoms with E-state index in [1.165, 1.54) is 0 Å². The number of carbonyl (C=O) groups is 3. The molecule has 0 bridgehead atoms. The van der Waals surface area contributed by atoms with E-state index in [4.69, 9.17) is 15.9 Å². The number of rotatable bonds is 7. The number of nitrogens with one attached hydrogen (secondary N) is 1. The van der Waals surface area contributed by atoms with Crippen molar-refractivity contribution in [1.29, 1.82) is 0 Å². The van der Waals surface area contributed by atoms with E-state index in [1.807, 2.05) is 0 Å². The van der Waals surface area contributed by atoms with Gasteiger partial charge in [-0.3, -0.25) is 9.59 Å². The number of aliphatic carboxylic acids is 2. The molecule has 0 aromatic rings. The van der Waals surface area contributed by atoms with Gasteiger partial charge in [0.25, 0.3) is 0 Å². The van der Waals surface area contributed by atoms with Crippen LogP contribution in [0.1, 0.15) is 26.2 Å². The highest BCUT2D eigenvalue weighted by Gasteiger charge is 2.20. The Balaban J connectivity index is 4.20. The normalized spacial score (nSPS) is 12.8. The second-order valence-electron chi connectivity index (χ2n) is 3.57. The van der Waals surface area contributed by atoms with Gasteiger partial charge < -0.3 is 21.3 Å². The van der Waals surface area contributed by atoms with Crippen molar-refractivity contribution < 1.29 is 24.6 Å². The number of hydrogen-bond donors (Lipinski definition) is 4. The molecule has 100 valence electrons. The van der Waals surface area contributed by atoms with Gasteiger partial charge in [-0.25, -0.2) is 4.79 Å². The number of hydrogen-bond acceptors (Lipinski definition) is 4. The van der Waals surface area contributed by atoms with Gasteiger partial charge in [-0.05, 0) is 13.3 Å². The molecule has 2 atom stereocenters. The third kappa shape index (κ3) is 6.50. The Hall–Kier alpha value is -2.07. The quantitative estimate of drug-likeness (QED) is 0.439. The first-order valence-electron chi connectivity index (χ1n) is 5.28. The van der Waals surface area contributed by atoms with Gasteiger partial charge >= 0.3 is 11.9 Å². The SMILES string of the molecule is CC#CCC(NC(=O)CCC(N)C(=O)O)C(=O)O. The summed E-state index contributed by atoms with van der Waals surface area (Å²) in [4.78, 5) is 32.6. The molecule has 0 spiro atoms. The van der Waals surface area contributed by atoms with E-state index >= 15 is 0 Å². The standard InChI is InChI=1S/C11H16N2O5/c1-2-3-4-8(11(17)18)13-9(14)6-5-7(12)10(15)16/h7-8H,4-6,12H2,1H3,(H,13,14)(H,15,16)(H,17,18). The van der Waals surface area contributed by atoms with Gasteiger partial charge in [0.1, 0.15) is 12.1 Å². The van der Waals surface area contributed by atoms with Crippen LogP contribution in [-0.2, 0) is 14.4 Å². The first kappa shape index (κ1) is 15.9. The minimum Gasteiger partial charge on any atom is -0.480 e. The largest absolute Gasteiger partial charge is 0.480 e. The second kappa shape index (κ2) is 8.08. The summed E-state index contributed by atoms with van der Waals surface area (Å²) in [6, 6.07) is -2.22. The highest BCUT2D eigenvalue weighted by Crippen LogP contribution is 1.98. The molecule has 0 radical (unpaired) electrons. The van der Waals surface area contributed by atoms with Crippen LogP contribution in [0.25, 0.3) is 0 Å². The summed E-state index contributed by atoms with van der Waals surface area (Å²) in [6.07, 6.45) is -0.188. The van der Waals surface area contributed by atoms with Crippen molar-refractivity contribution in [1.82, 2.24) is 5.32 Å². The molecule has 0 aliphatic rings. The Morgan fingerprint density at radius 3 is 2.33 bits per heavy atom. The lowest BCUT2D eigenvalue weighted by molar-refractivity contribution is -0.142. The molecule has 0 aromatic carbocycles. The number of nitrogens with two attached hydrogens (primary N) is 1. The molecule has 7 heteroatoms. The average Bonchev–Trinajstić information content (AvgIpc) is 2.30. The molecule has 18 heavy (non-hydrogen) atoms. The van der Waals surface area contributed by atoms with Gasteiger partial charge in [-0.15, -0.1) is 11.8 Å². The molecule has 0 saturated heterocycles. The minimum absolute atomic E-state index is 0.00254. The van der Waals surface area contributed by atoms with Crippen LogP contribution in [0.15, 0.2) is 0 Å². The van der Waals surface area contributed by atoms with E-state index in [1.54, 1.807) is 6.92 Å². The van der Waals surface area contributed by atoms with Crippen LogP contribution in [0.3, 0.4) is 0 Å². The van der Waals surface area contributed by atoms with Gasteiger partial charge in [0.15, 0.2) is 0 Å². The Morgan fingerprint density at radius 2 is 1.89 bits per heavy atom. The number of carboxylic acid groups (broad SMARTS) is 2. The molecule has 7 nitrogen and oxygen atoms in total. The lowest BCUT2D eigenvalue weighted by Crippen LogP contribution is -2.41. The molecular weight excluding hydrogens is 240 g/mol. The van der Waals surface area contributed by atoms with Crippen molar-refractivity contribution >= 4 is 17.8 Å². The zero-order valence-electron chi connectivity index (χ0n) is 9.97. The lowest BCUT2D eigenvalue weighted by Gasteiger charge is -2.12. The summed E-state index contributed by atoms with van der Waals surface area (Å²) in [5.74, 6) is 2.14. The first-order chi connectivity index (χ1) is 8.38. The van der Waals surface area contributed by atoms with Gasteiger partial charge in [-0.2, -0.15) is 0 Å². The fourth-order valence-electron chi connectivity index (χ4n) is 1.08. The maximum Gasteiger partial charge on any atom is 0.327 e. The molecule has 5 N–H and O–H groups in total. The summed E-state index contributed by atoms with van der Waals surface area (Å²) in [5.41, 5.74) is 5.22. The molecule has 0 aliphatic heterocycles. The maximum atomic E-state index is 11.4. The van der Waals surface area contributed by atoms with Crippen LogP contribution < -0.4 is 11.1 Å². The van der Waals surface area contributed by atoms with Crippen molar-refractivity contribution in [3.8, 4) is 11.8 Å². The highest BCUT2D eigenvalue weighted by atomic mass is 16.4. The molecular formula is C11H16N2O5. The summed E-state index contributed by atoms with van der Waals surface area (Å²) in [5, 5.41) is 19.6. The van der Waals surface area contributed by atoms with E-state index in [2.05, 4.69) is 17.2 Å². The predicted molar refractivity (Wildman–Crippen MR) is 62.5 cm³/mol. The van der Waals surface area contributed by atoms with Gasteiger partial charge in [-0.1, -0.05) is 0 Å². The topological polar surface area (TPSA) is 130 Å². The van der Waals surface area contributed by atoms with Crippen LogP contribution >= 0.6 is 0 Å². The van der Waals surface area contributed by atoms with Crippen LogP contribution in [0, 0.1) is 11.8 Å². The molecule has 0 heterocycles. The predicted octanol–water partition coefficient (Wildman–Crippen LogP) is -0.839. The van der Waals surface area contributed by atoms with E-state index in [0.29, 0.717) is 0 Å². The molecule has 2 unspecified atom stereocenters. The summed E-state index contributed by atoms with van der Waals surface area (Å²) in [6.45, 7) is 1.56. The van der Waals surface area contributed by atoms with Crippen molar-refractivity contribution in [3.63, 3.8) is 0 Å². The number of carboxylic acids is 2. The van der Waals surface area contributed by atoms with Crippen molar-refractivity contribution in [2.24, 2.45) is 5.73 Å². The molecule has 0 saturated carbocycles. The minimum atomic E-state index is -1.20. The summed E-state index contributed by atoms with van der Waals surface area (Å²) < 4.78 is 0. The third-order valence-corrected chi connectivity index (χ3v) is 2.12. The Labute approximate surface area is 104 Å². The average molecular weight is 256 g/mol. The van der Waals surface area contributed by atoms with E-state index in [9.17, 15) is 14.4 Å². The second-order valence-corrected chi connectivity index (χ2v) is 3.57. The fraction of sp³-hybridized carbons (Fsp3) is 0.545. The third-order valence-electron chi connectivity index (χ3n) is 2.12. The van der Waals surface area contributed by atoms with Crippen LogP contribution in [0.5, 0.6) is 0 Å². The summed E-state index contributed by atoms with van der Waals surface area (Å²) in [7, 11) is 0. The van der Waals surface area contributed by atoms with Gasteiger partial charge in [0, 0.05) is 12.8 Å². The first-order valence-corrected chi connectivity index (χ1v) is 5.28. The Kier molecular flexibility index (Phi) is 7.15. The van der Waals surface area contributed by atoms with Crippen molar-refractivity contribution in [2.75, 3.05) is 0 Å². The molecule has 0 rings (SSSR count). The molecule has 1 amide bonds. The number of amides is 1. The van der Waals surface area contributed by atoms with Crippen LogP contribution in [-0.4, -0.2) is 40.1 Å². The molecule has 0 aromatic heterocycles. The van der Waals surface area contributed by atoms with Crippen LogP contribution in [0.2, 0.25) is 0 Å². The number of carbonyl (C=O) groups excluding carboxylic acids is 1.